The fourth-order valence-corrected chi connectivity index (χ4v) is 2.08. The molecule has 0 bridgehead atoms. The van der Waals surface area contributed by atoms with E-state index in [2.05, 4.69) is 4.98 Å². The summed E-state index contributed by atoms with van der Waals surface area (Å²) in [7, 11) is 0. The number of non-ortho nitro benzene ring substituents is 1. The van der Waals surface area contributed by atoms with E-state index in [0.717, 1.165) is 30.3 Å². The van der Waals surface area contributed by atoms with Crippen LogP contribution in [0.3, 0.4) is 0 Å². The molecule has 0 aliphatic rings. The lowest BCUT2D eigenvalue weighted by atomic mass is 10.0. The van der Waals surface area contributed by atoms with Crippen LogP contribution >= 0.6 is 0 Å². The molecule has 0 radical (unpaired) electrons. The molecule has 128 valence electrons. The number of pyridine rings is 1. The predicted octanol–water partition coefficient (Wildman–Crippen LogP) is 2.53. The predicted molar refractivity (Wildman–Crippen MR) is 72.1 cm³/mol. The summed E-state index contributed by atoms with van der Waals surface area (Å²) in [5.74, 6) is -1.62. The van der Waals surface area contributed by atoms with Crippen molar-refractivity contribution in [3.8, 4) is 23.2 Å². The van der Waals surface area contributed by atoms with Crippen LogP contribution in [0, 0.1) is 31.6 Å². The normalized spacial score (nSPS) is 11.0. The number of alkyl halides is 3. The van der Waals surface area contributed by atoms with Crippen LogP contribution in [0.15, 0.2) is 24.3 Å². The monoisotopic (exact) mass is 353 g/mol. The average Bonchev–Trinajstić information content (AvgIpc) is 2.52. The highest BCUT2D eigenvalue weighted by molar-refractivity contribution is 5.76. The second-order valence-corrected chi connectivity index (χ2v) is 4.54. The van der Waals surface area contributed by atoms with E-state index in [0.29, 0.717) is 0 Å². The van der Waals surface area contributed by atoms with Crippen LogP contribution in [0.5, 0.6) is 5.88 Å². The summed E-state index contributed by atoms with van der Waals surface area (Å²) in [4.78, 5) is 22.8. The molecule has 0 unspecified atom stereocenters. The van der Waals surface area contributed by atoms with Crippen molar-refractivity contribution >= 4 is 11.4 Å². The maximum atomic E-state index is 13.2. The first-order valence-corrected chi connectivity index (χ1v) is 6.19. The van der Waals surface area contributed by atoms with Gasteiger partial charge in [0, 0.05) is 23.6 Å². The molecule has 0 fully saturated rings. The van der Waals surface area contributed by atoms with Crippen LogP contribution in [-0.2, 0) is 6.18 Å². The number of hydrogen-bond acceptors (Lipinski definition) is 7. The molecule has 12 heteroatoms. The van der Waals surface area contributed by atoms with Crippen LogP contribution in [0.1, 0.15) is 11.1 Å². The van der Waals surface area contributed by atoms with Crippen molar-refractivity contribution in [2.45, 2.75) is 6.18 Å². The van der Waals surface area contributed by atoms with Crippen molar-refractivity contribution in [1.82, 2.24) is 4.98 Å². The van der Waals surface area contributed by atoms with Gasteiger partial charge in [-0.25, -0.2) is 0 Å². The molecule has 0 atom stereocenters. The standard InChI is InChI=1S/C13H5F3N4O5/c14-13(15,16)9-8(5-17)12(21)18-10(11(9)20(24)25)6-2-1-3-7(4-6)19(22)23/h1-4H,(H,18,21)/p-1. The molecule has 0 aliphatic heterocycles. The van der Waals surface area contributed by atoms with Gasteiger partial charge in [0.15, 0.2) is 5.56 Å². The Balaban J connectivity index is 2.95. The van der Waals surface area contributed by atoms with Crippen LogP contribution in [-0.4, -0.2) is 14.8 Å². The number of nitro groups is 2. The summed E-state index contributed by atoms with van der Waals surface area (Å²) in [6, 6.07) is 4.79. The lowest BCUT2D eigenvalue weighted by molar-refractivity contribution is -0.388. The van der Waals surface area contributed by atoms with Crippen molar-refractivity contribution in [2.75, 3.05) is 0 Å². The highest BCUT2D eigenvalue weighted by Gasteiger charge is 2.44. The van der Waals surface area contributed by atoms with Gasteiger partial charge >= 0.3 is 11.9 Å². The summed E-state index contributed by atoms with van der Waals surface area (Å²) in [5, 5.41) is 42.4. The molecular formula is C13H4F3N4O5-. The first kappa shape index (κ1) is 17.6. The second kappa shape index (κ2) is 6.04. The van der Waals surface area contributed by atoms with Gasteiger partial charge in [0.1, 0.15) is 11.8 Å². The zero-order chi connectivity index (χ0) is 18.9. The molecule has 1 aromatic heterocycles. The molecule has 0 aliphatic carbocycles. The number of nitro benzene ring substituents is 1. The highest BCUT2D eigenvalue weighted by Crippen LogP contribution is 2.44. The summed E-state index contributed by atoms with van der Waals surface area (Å²) >= 11 is 0. The van der Waals surface area contributed by atoms with Gasteiger partial charge in [-0.2, -0.15) is 18.4 Å². The van der Waals surface area contributed by atoms with E-state index >= 15 is 0 Å². The topological polar surface area (TPSA) is 146 Å². The first-order chi connectivity index (χ1) is 11.6. The molecular weight excluding hydrogens is 349 g/mol. The summed E-state index contributed by atoms with van der Waals surface area (Å²) in [5.41, 5.74) is -7.20. The van der Waals surface area contributed by atoms with Crippen LogP contribution in [0.25, 0.3) is 11.3 Å². The van der Waals surface area contributed by atoms with Crippen LogP contribution in [0.4, 0.5) is 24.5 Å². The number of nitrogens with zero attached hydrogens (tertiary/aromatic N) is 4. The molecule has 0 N–H and O–H groups in total. The smallest absolute Gasteiger partial charge is 0.424 e. The first-order valence-electron chi connectivity index (χ1n) is 6.19. The molecule has 9 nitrogen and oxygen atoms in total. The maximum absolute atomic E-state index is 13.2. The van der Waals surface area contributed by atoms with E-state index in [4.69, 9.17) is 5.26 Å². The third-order valence-corrected chi connectivity index (χ3v) is 3.05. The largest absolute Gasteiger partial charge is 0.858 e. The Morgan fingerprint density at radius 3 is 2.28 bits per heavy atom. The minimum Gasteiger partial charge on any atom is -0.858 e. The zero-order valence-electron chi connectivity index (χ0n) is 11.8. The molecule has 0 saturated heterocycles. The number of rotatable bonds is 3. The van der Waals surface area contributed by atoms with Gasteiger partial charge in [-0.3, -0.25) is 25.2 Å². The van der Waals surface area contributed by atoms with Crippen molar-refractivity contribution in [2.24, 2.45) is 0 Å². The van der Waals surface area contributed by atoms with Crippen LogP contribution in [0.2, 0.25) is 0 Å². The fraction of sp³-hybridized carbons (Fsp3) is 0.0769. The third kappa shape index (κ3) is 3.15. The third-order valence-electron chi connectivity index (χ3n) is 3.05. The number of halogens is 3. The van der Waals surface area contributed by atoms with E-state index in [1.165, 1.54) is 0 Å². The average molecular weight is 353 g/mol. The lowest BCUT2D eigenvalue weighted by Gasteiger charge is -2.17. The van der Waals surface area contributed by atoms with E-state index < -0.39 is 55.7 Å². The zero-order valence-corrected chi connectivity index (χ0v) is 11.8. The molecule has 1 aromatic carbocycles. The number of aromatic nitrogens is 1. The van der Waals surface area contributed by atoms with Gasteiger partial charge in [0.2, 0.25) is 0 Å². The van der Waals surface area contributed by atoms with E-state index in [9.17, 15) is 38.5 Å². The molecule has 0 spiro atoms. The fourth-order valence-electron chi connectivity index (χ4n) is 2.08. The summed E-state index contributed by atoms with van der Waals surface area (Å²) < 4.78 is 39.6. The molecule has 2 rings (SSSR count). The SMILES string of the molecule is N#Cc1c([O-])nc(-c2cccc([N+](=O)[O-])c2)c([N+](=O)[O-])c1C(F)(F)F. The van der Waals surface area contributed by atoms with Gasteiger partial charge in [-0.1, -0.05) is 12.1 Å². The van der Waals surface area contributed by atoms with E-state index in [1.807, 2.05) is 0 Å². The van der Waals surface area contributed by atoms with Crippen molar-refractivity contribution in [1.29, 1.82) is 5.26 Å². The summed E-state index contributed by atoms with van der Waals surface area (Å²) in [6.45, 7) is 0. The van der Waals surface area contributed by atoms with Gasteiger partial charge < -0.3 is 5.11 Å². The van der Waals surface area contributed by atoms with E-state index in [-0.39, 0.29) is 0 Å². The van der Waals surface area contributed by atoms with Gasteiger partial charge in [0.25, 0.3) is 5.69 Å². The lowest BCUT2D eigenvalue weighted by Crippen LogP contribution is -2.16. The Morgan fingerprint density at radius 2 is 1.80 bits per heavy atom. The molecule has 0 saturated carbocycles. The molecule has 0 amide bonds. The molecule has 1 heterocycles. The maximum Gasteiger partial charge on any atom is 0.424 e. The van der Waals surface area contributed by atoms with Gasteiger partial charge in [-0.05, 0) is 0 Å². The second-order valence-electron chi connectivity index (χ2n) is 4.54. The summed E-state index contributed by atoms with van der Waals surface area (Å²) in [6.07, 6.45) is -5.38. The minimum absolute atomic E-state index is 0.437. The Labute approximate surface area is 135 Å². The van der Waals surface area contributed by atoms with Crippen molar-refractivity contribution < 1.29 is 28.1 Å². The number of hydrogen-bond donors (Lipinski definition) is 0. The molecule has 2 aromatic rings. The minimum atomic E-state index is -5.38. The Morgan fingerprint density at radius 1 is 1.16 bits per heavy atom. The van der Waals surface area contributed by atoms with Crippen molar-refractivity contribution in [3.63, 3.8) is 0 Å². The van der Waals surface area contributed by atoms with Crippen LogP contribution < -0.4 is 5.11 Å². The highest BCUT2D eigenvalue weighted by atomic mass is 19.4. The van der Waals surface area contributed by atoms with Crippen molar-refractivity contribution in [3.05, 3.63) is 55.6 Å². The Hall–Kier alpha value is -3.75. The number of nitriles is 1. The van der Waals surface area contributed by atoms with E-state index in [1.54, 1.807) is 0 Å². The number of benzene rings is 1. The van der Waals surface area contributed by atoms with Gasteiger partial charge in [-0.15, -0.1) is 0 Å². The molecule has 25 heavy (non-hydrogen) atoms. The Bertz CT molecular complexity index is 936. The Kier molecular flexibility index (Phi) is 4.25. The quantitative estimate of drug-likeness (QED) is 0.608. The van der Waals surface area contributed by atoms with Gasteiger partial charge in [0.05, 0.1) is 15.4 Å².